The van der Waals surface area contributed by atoms with Crippen molar-refractivity contribution in [3.63, 3.8) is 0 Å². The third-order valence-electron chi connectivity index (χ3n) is 4.74. The first-order valence-electron chi connectivity index (χ1n) is 7.75. The average molecular weight is 331 g/mol. The van der Waals surface area contributed by atoms with Gasteiger partial charge in [-0.1, -0.05) is 11.6 Å². The number of likely N-dealkylation sites (tertiary alicyclic amines) is 1. The number of halogens is 2. The largest absolute Gasteiger partial charge is 0.345 e. The van der Waals surface area contributed by atoms with E-state index < -0.39 is 0 Å². The molecule has 1 fully saturated rings. The molecule has 5 heteroatoms. The third-order valence-corrected chi connectivity index (χ3v) is 4.97. The van der Waals surface area contributed by atoms with Crippen LogP contribution < -0.4 is 0 Å². The molecule has 0 saturated carbocycles. The first-order valence-corrected chi connectivity index (χ1v) is 8.13. The van der Waals surface area contributed by atoms with E-state index in [9.17, 15) is 9.18 Å². The molecule has 1 aliphatic rings. The number of aromatic nitrogens is 1. The molecule has 0 unspecified atom stereocenters. The number of hydrogen-bond acceptors (Lipinski definition) is 1. The molecule has 3 aromatic rings. The Balaban J connectivity index is 1.92. The van der Waals surface area contributed by atoms with Crippen molar-refractivity contribution in [2.75, 3.05) is 13.1 Å². The van der Waals surface area contributed by atoms with Crippen LogP contribution in [0.15, 0.2) is 36.4 Å². The van der Waals surface area contributed by atoms with Gasteiger partial charge in [0, 0.05) is 46.0 Å². The molecule has 0 radical (unpaired) electrons. The van der Waals surface area contributed by atoms with Crippen LogP contribution in [0.25, 0.3) is 21.8 Å². The molecular formula is C18H16ClFN2O. The van der Waals surface area contributed by atoms with Gasteiger partial charge in [-0.25, -0.2) is 4.39 Å². The Morgan fingerprint density at radius 3 is 2.39 bits per heavy atom. The second kappa shape index (κ2) is 5.53. The highest BCUT2D eigenvalue weighted by Gasteiger charge is 2.23. The van der Waals surface area contributed by atoms with E-state index in [0.29, 0.717) is 11.1 Å². The fraction of sp³-hybridized carbons (Fsp3) is 0.278. The lowest BCUT2D eigenvalue weighted by molar-refractivity contribution is -0.119. The van der Waals surface area contributed by atoms with Gasteiger partial charge in [-0.2, -0.15) is 0 Å². The molecule has 3 nitrogen and oxygen atoms in total. The standard InChI is InChI=1S/C18H16ClFN2O/c19-12-1-3-17-15(9-12)16-10-13(20)2-4-18(16)22(17)14-5-7-21(11-23)8-6-14/h1-4,9-11,14H,5-8H2. The highest BCUT2D eigenvalue weighted by atomic mass is 35.5. The molecule has 0 spiro atoms. The van der Waals surface area contributed by atoms with Crippen LogP contribution in [0.1, 0.15) is 18.9 Å². The van der Waals surface area contributed by atoms with Crippen LogP contribution in [0.5, 0.6) is 0 Å². The van der Waals surface area contributed by atoms with E-state index in [-0.39, 0.29) is 5.82 Å². The zero-order chi connectivity index (χ0) is 16.0. The molecule has 0 atom stereocenters. The van der Waals surface area contributed by atoms with Crippen LogP contribution in [0.4, 0.5) is 4.39 Å². The number of carbonyl (C=O) groups is 1. The SMILES string of the molecule is O=CN1CCC(n2c3ccc(F)cc3c3cc(Cl)ccc32)CC1. The predicted octanol–water partition coefficient (Wildman–Crippen LogP) is 4.38. The lowest BCUT2D eigenvalue weighted by Gasteiger charge is -2.31. The van der Waals surface area contributed by atoms with Crippen LogP contribution in [0.3, 0.4) is 0 Å². The number of rotatable bonds is 2. The molecule has 1 amide bonds. The monoisotopic (exact) mass is 330 g/mol. The maximum absolute atomic E-state index is 13.7. The number of hydrogen-bond donors (Lipinski definition) is 0. The van der Waals surface area contributed by atoms with Gasteiger partial charge in [-0.05, 0) is 49.2 Å². The van der Waals surface area contributed by atoms with Crippen molar-refractivity contribution in [3.8, 4) is 0 Å². The highest BCUT2D eigenvalue weighted by Crippen LogP contribution is 2.36. The quantitative estimate of drug-likeness (QED) is 0.640. The lowest BCUT2D eigenvalue weighted by atomic mass is 10.0. The van der Waals surface area contributed by atoms with Gasteiger partial charge in [0.1, 0.15) is 5.82 Å². The summed E-state index contributed by atoms with van der Waals surface area (Å²) in [6.07, 6.45) is 2.71. The van der Waals surface area contributed by atoms with E-state index in [2.05, 4.69) is 4.57 Å². The second-order valence-corrected chi connectivity index (χ2v) is 6.50. The van der Waals surface area contributed by atoms with E-state index in [4.69, 9.17) is 11.6 Å². The van der Waals surface area contributed by atoms with Gasteiger partial charge in [0.25, 0.3) is 0 Å². The number of amides is 1. The van der Waals surface area contributed by atoms with Gasteiger partial charge in [0.15, 0.2) is 0 Å². The van der Waals surface area contributed by atoms with Crippen LogP contribution in [-0.2, 0) is 4.79 Å². The summed E-state index contributed by atoms with van der Waals surface area (Å²) in [5.41, 5.74) is 2.09. The summed E-state index contributed by atoms with van der Waals surface area (Å²) in [5, 5.41) is 2.52. The summed E-state index contributed by atoms with van der Waals surface area (Å²) in [5.74, 6) is -0.243. The van der Waals surface area contributed by atoms with Gasteiger partial charge in [-0.15, -0.1) is 0 Å². The van der Waals surface area contributed by atoms with Crippen molar-refractivity contribution in [2.45, 2.75) is 18.9 Å². The smallest absolute Gasteiger partial charge is 0.209 e. The molecule has 118 valence electrons. The minimum Gasteiger partial charge on any atom is -0.345 e. The fourth-order valence-corrected chi connectivity index (χ4v) is 3.81. The number of benzene rings is 2. The number of nitrogens with zero attached hydrogens (tertiary/aromatic N) is 2. The Hall–Kier alpha value is -2.07. The summed E-state index contributed by atoms with van der Waals surface area (Å²) < 4.78 is 16.0. The Kier molecular flexibility index (Phi) is 3.49. The zero-order valence-corrected chi connectivity index (χ0v) is 13.3. The minimum absolute atomic E-state index is 0.243. The summed E-state index contributed by atoms with van der Waals surface area (Å²) in [6, 6.07) is 11.0. The van der Waals surface area contributed by atoms with Gasteiger partial charge >= 0.3 is 0 Å². The maximum Gasteiger partial charge on any atom is 0.209 e. The van der Waals surface area contributed by atoms with Crippen molar-refractivity contribution in [2.24, 2.45) is 0 Å². The van der Waals surface area contributed by atoms with Crippen LogP contribution in [0, 0.1) is 5.82 Å². The summed E-state index contributed by atoms with van der Waals surface area (Å²) in [7, 11) is 0. The normalized spacial score (nSPS) is 16.3. The molecule has 4 rings (SSSR count). The molecule has 1 aliphatic heterocycles. The molecule has 2 heterocycles. The molecule has 0 bridgehead atoms. The van der Waals surface area contributed by atoms with Crippen LogP contribution >= 0.6 is 11.6 Å². The molecule has 2 aromatic carbocycles. The van der Waals surface area contributed by atoms with Crippen molar-refractivity contribution in [3.05, 3.63) is 47.2 Å². The van der Waals surface area contributed by atoms with Gasteiger partial charge in [-0.3, -0.25) is 4.79 Å². The first-order chi connectivity index (χ1) is 11.2. The van der Waals surface area contributed by atoms with E-state index in [1.807, 2.05) is 24.3 Å². The topological polar surface area (TPSA) is 25.2 Å². The fourth-order valence-electron chi connectivity index (χ4n) is 3.64. The molecule has 0 N–H and O–H groups in total. The first kappa shape index (κ1) is 14.5. The van der Waals surface area contributed by atoms with Gasteiger partial charge < -0.3 is 9.47 Å². The van der Waals surface area contributed by atoms with Crippen molar-refractivity contribution < 1.29 is 9.18 Å². The third kappa shape index (κ3) is 2.38. The molecular weight excluding hydrogens is 315 g/mol. The Labute approximate surface area is 138 Å². The Morgan fingerprint density at radius 2 is 1.70 bits per heavy atom. The van der Waals surface area contributed by atoms with Crippen LogP contribution in [0.2, 0.25) is 5.02 Å². The Morgan fingerprint density at radius 1 is 1.04 bits per heavy atom. The van der Waals surface area contributed by atoms with Crippen LogP contribution in [-0.4, -0.2) is 29.0 Å². The van der Waals surface area contributed by atoms with E-state index in [1.54, 1.807) is 11.0 Å². The number of piperidine rings is 1. The average Bonchev–Trinajstić information content (AvgIpc) is 2.88. The van der Waals surface area contributed by atoms with Crippen molar-refractivity contribution in [1.29, 1.82) is 0 Å². The van der Waals surface area contributed by atoms with E-state index in [1.165, 1.54) is 6.07 Å². The number of carbonyl (C=O) groups excluding carboxylic acids is 1. The van der Waals surface area contributed by atoms with E-state index in [0.717, 1.165) is 54.1 Å². The maximum atomic E-state index is 13.7. The molecule has 1 aromatic heterocycles. The lowest BCUT2D eigenvalue weighted by Crippen LogP contribution is -2.33. The molecule has 0 aliphatic carbocycles. The van der Waals surface area contributed by atoms with Gasteiger partial charge in [0.05, 0.1) is 0 Å². The summed E-state index contributed by atoms with van der Waals surface area (Å²) in [6.45, 7) is 1.51. The second-order valence-electron chi connectivity index (χ2n) is 6.07. The van der Waals surface area contributed by atoms with Crippen molar-refractivity contribution in [1.82, 2.24) is 9.47 Å². The van der Waals surface area contributed by atoms with Crippen molar-refractivity contribution >= 4 is 39.8 Å². The molecule has 23 heavy (non-hydrogen) atoms. The van der Waals surface area contributed by atoms with Gasteiger partial charge in [0.2, 0.25) is 6.41 Å². The highest BCUT2D eigenvalue weighted by molar-refractivity contribution is 6.31. The number of fused-ring (bicyclic) bond motifs is 3. The Bertz CT molecular complexity index is 838. The predicted molar refractivity (Wildman–Crippen MR) is 90.3 cm³/mol. The van der Waals surface area contributed by atoms with E-state index >= 15 is 0 Å². The summed E-state index contributed by atoms with van der Waals surface area (Å²) in [4.78, 5) is 12.7. The molecule has 1 saturated heterocycles. The summed E-state index contributed by atoms with van der Waals surface area (Å²) >= 11 is 6.14. The zero-order valence-electron chi connectivity index (χ0n) is 12.5. The minimum atomic E-state index is -0.243.